The maximum Gasteiger partial charge on any atom is 0.222 e. The lowest BCUT2D eigenvalue weighted by molar-refractivity contribution is -0.114. The molecule has 6 nitrogen and oxygen atoms in total. The SMILES string of the molecule is CC(=O)Nc1cnn(CC2CCCCN2)n1. The van der Waals surface area contributed by atoms with Crippen molar-refractivity contribution in [3.05, 3.63) is 6.20 Å². The summed E-state index contributed by atoms with van der Waals surface area (Å²) in [7, 11) is 0. The second-order valence-corrected chi connectivity index (χ2v) is 4.11. The Balaban J connectivity index is 1.88. The molecule has 1 aromatic heterocycles. The fourth-order valence-electron chi connectivity index (χ4n) is 1.90. The molecule has 1 aliphatic heterocycles. The lowest BCUT2D eigenvalue weighted by Gasteiger charge is -2.22. The predicted molar refractivity (Wildman–Crippen MR) is 60.0 cm³/mol. The Morgan fingerprint density at radius 3 is 3.25 bits per heavy atom. The highest BCUT2D eigenvalue weighted by atomic mass is 16.1. The van der Waals surface area contributed by atoms with Crippen LogP contribution in [0.15, 0.2) is 6.20 Å². The fraction of sp³-hybridized carbons (Fsp3) is 0.700. The molecule has 6 heteroatoms. The number of piperidine rings is 1. The molecule has 0 aromatic carbocycles. The summed E-state index contributed by atoms with van der Waals surface area (Å²) in [6, 6.07) is 0.450. The van der Waals surface area contributed by atoms with E-state index in [0.717, 1.165) is 19.5 Å². The van der Waals surface area contributed by atoms with Gasteiger partial charge in [-0.25, -0.2) is 0 Å². The number of nitrogens with zero attached hydrogens (tertiary/aromatic N) is 3. The molecule has 1 fully saturated rings. The van der Waals surface area contributed by atoms with E-state index in [-0.39, 0.29) is 5.91 Å². The van der Waals surface area contributed by atoms with Gasteiger partial charge in [0, 0.05) is 13.0 Å². The zero-order valence-corrected chi connectivity index (χ0v) is 9.44. The minimum absolute atomic E-state index is 0.122. The number of anilines is 1. The summed E-state index contributed by atoms with van der Waals surface area (Å²) in [5.41, 5.74) is 0. The van der Waals surface area contributed by atoms with Gasteiger partial charge in [-0.1, -0.05) is 6.42 Å². The van der Waals surface area contributed by atoms with Crippen molar-refractivity contribution in [1.29, 1.82) is 0 Å². The summed E-state index contributed by atoms with van der Waals surface area (Å²) < 4.78 is 0. The van der Waals surface area contributed by atoms with E-state index in [1.165, 1.54) is 19.8 Å². The highest BCUT2D eigenvalue weighted by molar-refractivity contribution is 5.87. The Labute approximate surface area is 94.4 Å². The number of aromatic nitrogens is 3. The molecule has 0 saturated carbocycles. The van der Waals surface area contributed by atoms with Gasteiger partial charge in [0.05, 0.1) is 12.7 Å². The number of rotatable bonds is 3. The first-order valence-corrected chi connectivity index (χ1v) is 5.65. The average Bonchev–Trinajstić information content (AvgIpc) is 2.66. The molecule has 0 aliphatic carbocycles. The van der Waals surface area contributed by atoms with Crippen LogP contribution < -0.4 is 10.6 Å². The third-order valence-corrected chi connectivity index (χ3v) is 2.64. The first-order valence-electron chi connectivity index (χ1n) is 5.65. The monoisotopic (exact) mass is 223 g/mol. The second kappa shape index (κ2) is 5.07. The normalized spacial score (nSPS) is 20.7. The minimum atomic E-state index is -0.122. The van der Waals surface area contributed by atoms with E-state index in [0.29, 0.717) is 11.9 Å². The molecule has 1 atom stereocenters. The predicted octanol–water partition coefficient (Wildman–Crippen LogP) is 0.379. The maximum absolute atomic E-state index is 10.8. The van der Waals surface area contributed by atoms with E-state index >= 15 is 0 Å². The van der Waals surface area contributed by atoms with Gasteiger partial charge >= 0.3 is 0 Å². The van der Waals surface area contributed by atoms with Crippen molar-refractivity contribution in [1.82, 2.24) is 20.3 Å². The number of amides is 1. The van der Waals surface area contributed by atoms with E-state index in [4.69, 9.17) is 0 Å². The lowest BCUT2D eigenvalue weighted by atomic mass is 10.1. The van der Waals surface area contributed by atoms with Crippen LogP contribution in [-0.4, -0.2) is 33.5 Å². The van der Waals surface area contributed by atoms with Crippen molar-refractivity contribution in [3.8, 4) is 0 Å². The molecule has 16 heavy (non-hydrogen) atoms. The van der Waals surface area contributed by atoms with Crippen LogP contribution in [0, 0.1) is 0 Å². The van der Waals surface area contributed by atoms with Crippen LogP contribution in [0.5, 0.6) is 0 Å². The van der Waals surface area contributed by atoms with Gasteiger partial charge in [-0.15, -0.1) is 5.10 Å². The molecule has 2 N–H and O–H groups in total. The molecular formula is C10H17N5O. The quantitative estimate of drug-likeness (QED) is 0.777. The van der Waals surface area contributed by atoms with E-state index in [1.807, 2.05) is 0 Å². The molecule has 1 unspecified atom stereocenters. The van der Waals surface area contributed by atoms with E-state index in [2.05, 4.69) is 20.8 Å². The van der Waals surface area contributed by atoms with Crippen molar-refractivity contribution in [3.63, 3.8) is 0 Å². The molecule has 0 radical (unpaired) electrons. The Morgan fingerprint density at radius 1 is 1.69 bits per heavy atom. The Bertz CT molecular complexity index is 356. The number of carbonyl (C=O) groups excluding carboxylic acids is 1. The molecular weight excluding hydrogens is 206 g/mol. The Hall–Kier alpha value is -1.43. The lowest BCUT2D eigenvalue weighted by Crippen LogP contribution is -2.37. The van der Waals surface area contributed by atoms with Crippen LogP contribution >= 0.6 is 0 Å². The van der Waals surface area contributed by atoms with Crippen LogP contribution in [0.25, 0.3) is 0 Å². The van der Waals surface area contributed by atoms with E-state index in [1.54, 1.807) is 11.0 Å². The third-order valence-electron chi connectivity index (χ3n) is 2.64. The molecule has 88 valence electrons. The molecule has 0 spiro atoms. The van der Waals surface area contributed by atoms with Gasteiger partial charge in [0.2, 0.25) is 5.91 Å². The van der Waals surface area contributed by atoms with Gasteiger partial charge in [0.1, 0.15) is 0 Å². The zero-order valence-electron chi connectivity index (χ0n) is 9.44. The average molecular weight is 223 g/mol. The zero-order chi connectivity index (χ0) is 11.4. The number of hydrogen-bond donors (Lipinski definition) is 2. The smallest absolute Gasteiger partial charge is 0.222 e. The minimum Gasteiger partial charge on any atom is -0.312 e. The highest BCUT2D eigenvalue weighted by Crippen LogP contribution is 2.08. The molecule has 1 saturated heterocycles. The van der Waals surface area contributed by atoms with Gasteiger partial charge < -0.3 is 10.6 Å². The summed E-state index contributed by atoms with van der Waals surface area (Å²) in [5.74, 6) is 0.395. The second-order valence-electron chi connectivity index (χ2n) is 4.11. The van der Waals surface area contributed by atoms with Crippen molar-refractivity contribution in [2.45, 2.75) is 38.8 Å². The van der Waals surface area contributed by atoms with Crippen LogP contribution in [0.4, 0.5) is 5.82 Å². The maximum atomic E-state index is 10.8. The van der Waals surface area contributed by atoms with E-state index in [9.17, 15) is 4.79 Å². The molecule has 0 bridgehead atoms. The summed E-state index contributed by atoms with van der Waals surface area (Å²) >= 11 is 0. The molecule has 2 heterocycles. The highest BCUT2D eigenvalue weighted by Gasteiger charge is 2.14. The van der Waals surface area contributed by atoms with Gasteiger partial charge in [0.15, 0.2) is 5.82 Å². The van der Waals surface area contributed by atoms with E-state index < -0.39 is 0 Å². The van der Waals surface area contributed by atoms with Gasteiger partial charge in [0.25, 0.3) is 0 Å². The van der Waals surface area contributed by atoms with Crippen molar-refractivity contribution in [2.24, 2.45) is 0 Å². The molecule has 1 amide bonds. The molecule has 2 rings (SSSR count). The van der Waals surface area contributed by atoms with Crippen molar-refractivity contribution >= 4 is 11.7 Å². The number of hydrogen-bond acceptors (Lipinski definition) is 4. The summed E-state index contributed by atoms with van der Waals surface area (Å²) in [6.45, 7) is 3.30. The first-order chi connectivity index (χ1) is 7.74. The number of nitrogens with one attached hydrogen (secondary N) is 2. The summed E-state index contributed by atoms with van der Waals surface area (Å²) in [4.78, 5) is 12.4. The van der Waals surface area contributed by atoms with Crippen molar-refractivity contribution in [2.75, 3.05) is 11.9 Å². The Kier molecular flexibility index (Phi) is 3.51. The number of carbonyl (C=O) groups is 1. The van der Waals surface area contributed by atoms with Crippen LogP contribution in [0.1, 0.15) is 26.2 Å². The van der Waals surface area contributed by atoms with Gasteiger partial charge in [-0.3, -0.25) is 4.79 Å². The summed E-state index contributed by atoms with van der Waals surface area (Å²) in [5, 5.41) is 14.3. The van der Waals surface area contributed by atoms with Crippen LogP contribution in [0.2, 0.25) is 0 Å². The third kappa shape index (κ3) is 3.03. The summed E-state index contributed by atoms with van der Waals surface area (Å²) in [6.07, 6.45) is 5.25. The largest absolute Gasteiger partial charge is 0.312 e. The first kappa shape index (κ1) is 11.1. The Morgan fingerprint density at radius 2 is 2.56 bits per heavy atom. The van der Waals surface area contributed by atoms with Crippen LogP contribution in [0.3, 0.4) is 0 Å². The van der Waals surface area contributed by atoms with Crippen molar-refractivity contribution < 1.29 is 4.79 Å². The van der Waals surface area contributed by atoms with Crippen LogP contribution in [-0.2, 0) is 11.3 Å². The molecule has 1 aromatic rings. The fourth-order valence-corrected chi connectivity index (χ4v) is 1.90. The van der Waals surface area contributed by atoms with Gasteiger partial charge in [-0.05, 0) is 19.4 Å². The molecule has 1 aliphatic rings. The van der Waals surface area contributed by atoms with Gasteiger partial charge in [-0.2, -0.15) is 9.90 Å². The standard InChI is InChI=1S/C10H17N5O/c1-8(16)13-10-6-12-15(14-10)7-9-4-2-3-5-11-9/h6,9,11H,2-5,7H2,1H3,(H,13,14,16). The topological polar surface area (TPSA) is 71.8 Å².